The van der Waals surface area contributed by atoms with E-state index in [1.807, 2.05) is 26.0 Å². The van der Waals surface area contributed by atoms with E-state index in [4.69, 9.17) is 46.2 Å². The summed E-state index contributed by atoms with van der Waals surface area (Å²) in [5, 5.41) is -1.91. The van der Waals surface area contributed by atoms with Crippen molar-refractivity contribution in [2.75, 3.05) is 0 Å². The van der Waals surface area contributed by atoms with Gasteiger partial charge in [0, 0.05) is 17.3 Å². The van der Waals surface area contributed by atoms with Crippen LogP contribution in [0, 0.1) is 25.4 Å². The number of fused-ring (bicyclic) bond motifs is 1. The molecule has 160 valence electrons. The van der Waals surface area contributed by atoms with Gasteiger partial charge in [-0.1, -0.05) is 23.8 Å². The molecule has 2 N–H and O–H groups in total. The third kappa shape index (κ3) is 4.53. The maximum absolute atomic E-state index is 12.3. The lowest BCUT2D eigenvalue weighted by atomic mass is 9.61. The molecule has 1 fully saturated rings. The van der Waals surface area contributed by atoms with Crippen LogP contribution in [0.25, 0.3) is 0 Å². The number of benzene rings is 1. The van der Waals surface area contributed by atoms with Gasteiger partial charge in [0.2, 0.25) is 0 Å². The van der Waals surface area contributed by atoms with Crippen molar-refractivity contribution in [3.63, 3.8) is 0 Å². The minimum absolute atomic E-state index is 0.101. The lowest BCUT2D eigenvalue weighted by Crippen LogP contribution is -2.47. The Morgan fingerprint density at radius 2 is 2.03 bits per heavy atom. The van der Waals surface area contributed by atoms with E-state index in [1.54, 1.807) is 13.1 Å². The highest BCUT2D eigenvalue weighted by molar-refractivity contribution is 7.71. The maximum atomic E-state index is 12.3. The highest BCUT2D eigenvalue weighted by atomic mass is 32.1. The molecule has 0 amide bonds. The topological polar surface area (TPSA) is 94.9 Å². The van der Waals surface area contributed by atoms with E-state index in [1.165, 1.54) is 4.57 Å². The van der Waals surface area contributed by atoms with Crippen molar-refractivity contribution in [2.24, 2.45) is 0 Å². The summed E-state index contributed by atoms with van der Waals surface area (Å²) in [5.74, 6) is 0.496. The molecule has 0 bridgehead atoms. The van der Waals surface area contributed by atoms with Crippen molar-refractivity contribution in [2.45, 2.75) is 58.0 Å². The lowest BCUT2D eigenvalue weighted by Gasteiger charge is -2.33. The first-order valence-corrected chi connectivity index (χ1v) is 11.7. The molecule has 2 aliphatic heterocycles. The number of nitrogens with zero attached hydrogens (tertiary/aromatic N) is 1. The standard InChI is InChI=1S/C19H21B2N2O6PS/c1-10-6-11(2)16-13(7-10)9-26-30(25,28-16)29-19(20,21)14-4-5-15(27-14)23-8-12(3)17(31)22-18(23)24/h6-8,14-15,25H,4-5,9H2,1-3H3/p+1. The fourth-order valence-electron chi connectivity index (χ4n) is 3.83. The van der Waals surface area contributed by atoms with Crippen LogP contribution in [0.4, 0.5) is 0 Å². The molecule has 4 rings (SSSR count). The molecule has 2 aliphatic rings. The molecule has 3 heterocycles. The van der Waals surface area contributed by atoms with Crippen molar-refractivity contribution >= 4 is 36.1 Å². The van der Waals surface area contributed by atoms with Gasteiger partial charge in [0.1, 0.15) is 33.2 Å². The van der Waals surface area contributed by atoms with Crippen LogP contribution in [0.15, 0.2) is 23.1 Å². The van der Waals surface area contributed by atoms with Crippen molar-refractivity contribution in [1.82, 2.24) is 9.55 Å². The normalized spacial score (nSPS) is 25.8. The maximum Gasteiger partial charge on any atom is 0.618 e. The zero-order valence-corrected chi connectivity index (χ0v) is 19.2. The van der Waals surface area contributed by atoms with Gasteiger partial charge in [0.05, 0.1) is 11.5 Å². The number of aromatic nitrogens is 2. The van der Waals surface area contributed by atoms with E-state index in [2.05, 4.69) is 4.98 Å². The first-order chi connectivity index (χ1) is 14.5. The Balaban J connectivity index is 1.50. The number of aromatic amines is 1. The molecule has 0 saturated carbocycles. The lowest BCUT2D eigenvalue weighted by molar-refractivity contribution is -0.0561. The van der Waals surface area contributed by atoms with Gasteiger partial charge in [-0.2, -0.15) is 9.42 Å². The summed E-state index contributed by atoms with van der Waals surface area (Å²) in [6.07, 6.45) is 1.07. The summed E-state index contributed by atoms with van der Waals surface area (Å²) in [7, 11) is 8.51. The van der Waals surface area contributed by atoms with E-state index in [0.29, 0.717) is 23.2 Å². The van der Waals surface area contributed by atoms with Gasteiger partial charge >= 0.3 is 13.9 Å². The van der Waals surface area contributed by atoms with E-state index >= 15 is 0 Å². The van der Waals surface area contributed by atoms with E-state index in [9.17, 15) is 9.69 Å². The summed E-state index contributed by atoms with van der Waals surface area (Å²) in [6, 6.07) is 3.85. The average molecular weight is 459 g/mol. The molecule has 1 aromatic heterocycles. The molecule has 1 saturated heterocycles. The zero-order valence-electron chi connectivity index (χ0n) is 17.5. The SMILES string of the molecule is [B]C([B])(O[P+]1(O)OCc2cc(C)cc(C)c2O1)C1CCC(n2cc(C)c(=S)[nH]c2=O)O1. The predicted octanol–water partition coefficient (Wildman–Crippen LogP) is 2.80. The highest BCUT2D eigenvalue weighted by Crippen LogP contribution is 2.64. The second-order valence-electron chi connectivity index (χ2n) is 7.98. The van der Waals surface area contributed by atoms with Gasteiger partial charge in [0.25, 0.3) is 0 Å². The van der Waals surface area contributed by atoms with Crippen LogP contribution < -0.4 is 10.2 Å². The summed E-state index contributed by atoms with van der Waals surface area (Å²) in [4.78, 5) is 25.7. The predicted molar refractivity (Wildman–Crippen MR) is 120 cm³/mol. The van der Waals surface area contributed by atoms with Crippen molar-refractivity contribution in [3.05, 3.63) is 55.7 Å². The number of hydrogen-bond donors (Lipinski definition) is 2. The Hall–Kier alpha value is -1.48. The Kier molecular flexibility index (Phi) is 5.96. The van der Waals surface area contributed by atoms with Crippen LogP contribution in [-0.2, 0) is 20.4 Å². The van der Waals surface area contributed by atoms with Gasteiger partial charge in [-0.15, -0.1) is 4.52 Å². The van der Waals surface area contributed by atoms with Crippen LogP contribution in [0.1, 0.15) is 41.3 Å². The quantitative estimate of drug-likeness (QED) is 0.413. The second-order valence-corrected chi connectivity index (χ2v) is 9.95. The molecular weight excluding hydrogens is 437 g/mol. The first kappa shape index (κ1) is 22.7. The van der Waals surface area contributed by atoms with Crippen LogP contribution in [0.3, 0.4) is 0 Å². The Bertz CT molecular complexity index is 1140. The van der Waals surface area contributed by atoms with E-state index < -0.39 is 31.6 Å². The molecule has 0 aliphatic carbocycles. The second kappa shape index (κ2) is 8.14. The van der Waals surface area contributed by atoms with Crippen molar-refractivity contribution in [1.29, 1.82) is 0 Å². The molecule has 2 aromatic rings. The number of rotatable bonds is 4. The van der Waals surface area contributed by atoms with Crippen molar-refractivity contribution in [3.8, 4) is 5.75 Å². The summed E-state index contributed by atoms with van der Waals surface area (Å²) >= 11 is 5.08. The smallest absolute Gasteiger partial charge is 0.353 e. The number of hydrogen-bond acceptors (Lipinski definition) is 7. The molecular formula is C19H22B2N2O6PS+. The largest absolute Gasteiger partial charge is 0.618 e. The molecule has 3 atom stereocenters. The minimum atomic E-state index is -3.85. The fourth-order valence-corrected chi connectivity index (χ4v) is 5.43. The van der Waals surface area contributed by atoms with Gasteiger partial charge in [-0.05, 0) is 45.2 Å². The average Bonchev–Trinajstić information content (AvgIpc) is 3.16. The van der Waals surface area contributed by atoms with Gasteiger partial charge < -0.3 is 4.74 Å². The Morgan fingerprint density at radius 3 is 2.77 bits per heavy atom. The molecule has 12 heteroatoms. The minimum Gasteiger partial charge on any atom is -0.353 e. The fraction of sp³-hybridized carbons (Fsp3) is 0.474. The van der Waals surface area contributed by atoms with E-state index in [-0.39, 0.29) is 6.61 Å². The monoisotopic (exact) mass is 459 g/mol. The molecule has 8 nitrogen and oxygen atoms in total. The van der Waals surface area contributed by atoms with Crippen molar-refractivity contribution < 1.29 is 23.2 Å². The van der Waals surface area contributed by atoms with E-state index in [0.717, 1.165) is 22.3 Å². The number of aryl methyl sites for hydroxylation is 3. The summed E-state index contributed by atoms with van der Waals surface area (Å²) < 4.78 is 24.5. The number of H-pyrrole nitrogens is 1. The number of ether oxygens (including phenoxy) is 1. The Labute approximate surface area is 188 Å². The molecule has 4 radical (unpaired) electrons. The summed E-state index contributed by atoms with van der Waals surface area (Å²) in [5.41, 5.74) is 3.04. The molecule has 3 unspecified atom stereocenters. The van der Waals surface area contributed by atoms with Crippen LogP contribution in [0.5, 0.6) is 5.75 Å². The molecule has 1 aromatic carbocycles. The molecule has 0 spiro atoms. The van der Waals surface area contributed by atoms with Crippen LogP contribution in [0.2, 0.25) is 0 Å². The first-order valence-electron chi connectivity index (χ1n) is 9.79. The molecule has 31 heavy (non-hydrogen) atoms. The van der Waals surface area contributed by atoms with Gasteiger partial charge in [0.15, 0.2) is 5.75 Å². The zero-order chi connectivity index (χ0) is 22.6. The number of nitrogens with one attached hydrogen (secondary N) is 1. The summed E-state index contributed by atoms with van der Waals surface area (Å²) in [6.45, 7) is 5.73. The van der Waals surface area contributed by atoms with Gasteiger partial charge in [-0.3, -0.25) is 14.1 Å². The van der Waals surface area contributed by atoms with Crippen LogP contribution in [-0.4, -0.2) is 41.6 Å². The highest BCUT2D eigenvalue weighted by Gasteiger charge is 2.56. The third-order valence-corrected chi connectivity index (χ3v) is 7.16. The van der Waals surface area contributed by atoms with Crippen LogP contribution >= 0.6 is 20.4 Å². The third-order valence-electron chi connectivity index (χ3n) is 5.32. The van der Waals surface area contributed by atoms with Gasteiger partial charge in [-0.25, -0.2) is 4.79 Å². The Morgan fingerprint density at radius 1 is 1.29 bits per heavy atom.